The molecule has 5 heteroatoms. The maximum absolute atomic E-state index is 13.2. The maximum atomic E-state index is 13.2. The number of halogens is 4. The lowest BCUT2D eigenvalue weighted by molar-refractivity contribution is 0.441. The van der Waals surface area contributed by atoms with Crippen LogP contribution in [0.3, 0.4) is 0 Å². The first-order valence-corrected chi connectivity index (χ1v) is 6.07. The van der Waals surface area contributed by atoms with E-state index in [9.17, 15) is 17.6 Å². The zero-order valence-electron chi connectivity index (χ0n) is 10.8. The first-order valence-electron chi connectivity index (χ1n) is 6.07. The van der Waals surface area contributed by atoms with Gasteiger partial charge in [0.1, 0.15) is 5.82 Å². The molecular weight excluding hydrogens is 270 g/mol. The van der Waals surface area contributed by atoms with Crippen LogP contribution in [-0.2, 0) is 6.42 Å². The summed E-state index contributed by atoms with van der Waals surface area (Å²) in [5, 5.41) is 2.91. The second-order valence-corrected chi connectivity index (χ2v) is 4.47. The van der Waals surface area contributed by atoms with Crippen LogP contribution in [0.4, 0.5) is 17.6 Å². The van der Waals surface area contributed by atoms with Crippen molar-refractivity contribution in [2.75, 3.05) is 7.05 Å². The minimum absolute atomic E-state index is 0.299. The van der Waals surface area contributed by atoms with E-state index < -0.39 is 23.5 Å². The fraction of sp³-hybridized carbons (Fsp3) is 0.200. The van der Waals surface area contributed by atoms with Crippen LogP contribution < -0.4 is 5.32 Å². The summed E-state index contributed by atoms with van der Waals surface area (Å²) in [7, 11) is 1.63. The smallest absolute Gasteiger partial charge is 0.194 e. The van der Waals surface area contributed by atoms with Gasteiger partial charge >= 0.3 is 0 Å². The SMILES string of the molecule is CNC(Cc1ccc(F)cc1)c1cc(F)c(F)c(F)c1. The lowest BCUT2D eigenvalue weighted by Crippen LogP contribution is -2.19. The summed E-state index contributed by atoms with van der Waals surface area (Å²) < 4.78 is 52.2. The summed E-state index contributed by atoms with van der Waals surface area (Å²) in [6.45, 7) is 0. The summed E-state index contributed by atoms with van der Waals surface area (Å²) in [4.78, 5) is 0. The Hall–Kier alpha value is -1.88. The fourth-order valence-electron chi connectivity index (χ4n) is 2.02. The molecule has 106 valence electrons. The van der Waals surface area contributed by atoms with E-state index in [0.717, 1.165) is 17.7 Å². The second kappa shape index (κ2) is 6.05. The van der Waals surface area contributed by atoms with Crippen LogP contribution in [0.1, 0.15) is 17.2 Å². The van der Waals surface area contributed by atoms with E-state index >= 15 is 0 Å². The van der Waals surface area contributed by atoms with Gasteiger partial charge in [0.05, 0.1) is 0 Å². The minimum atomic E-state index is -1.48. The zero-order valence-corrected chi connectivity index (χ0v) is 10.8. The standard InChI is InChI=1S/C15H13F4N/c1-20-14(6-9-2-4-11(16)5-3-9)10-7-12(17)15(19)13(18)8-10/h2-5,7-8,14,20H,6H2,1H3. The minimum Gasteiger partial charge on any atom is -0.313 e. The van der Waals surface area contributed by atoms with Crippen molar-refractivity contribution in [1.82, 2.24) is 5.32 Å². The lowest BCUT2D eigenvalue weighted by Gasteiger charge is -2.17. The molecule has 1 N–H and O–H groups in total. The van der Waals surface area contributed by atoms with Crippen molar-refractivity contribution < 1.29 is 17.6 Å². The number of rotatable bonds is 4. The van der Waals surface area contributed by atoms with E-state index in [-0.39, 0.29) is 5.82 Å². The number of hydrogen-bond donors (Lipinski definition) is 1. The first-order chi connectivity index (χ1) is 9.51. The van der Waals surface area contributed by atoms with E-state index in [0.29, 0.717) is 12.0 Å². The normalized spacial score (nSPS) is 12.4. The molecule has 0 aromatic heterocycles. The molecule has 0 heterocycles. The molecule has 2 rings (SSSR count). The molecular formula is C15H13F4N. The molecule has 0 aliphatic carbocycles. The Balaban J connectivity index is 2.26. The molecule has 0 spiro atoms. The van der Waals surface area contributed by atoms with Gasteiger partial charge in [0, 0.05) is 6.04 Å². The summed E-state index contributed by atoms with van der Waals surface area (Å²) >= 11 is 0. The third-order valence-corrected chi connectivity index (χ3v) is 3.11. The molecule has 1 unspecified atom stereocenters. The summed E-state index contributed by atoms with van der Waals surface area (Å²) in [5.74, 6) is -4.28. The van der Waals surface area contributed by atoms with E-state index in [4.69, 9.17) is 0 Å². The predicted octanol–water partition coefficient (Wildman–Crippen LogP) is 3.75. The topological polar surface area (TPSA) is 12.0 Å². The molecule has 0 radical (unpaired) electrons. The Labute approximate surface area is 114 Å². The first kappa shape index (κ1) is 14.5. The van der Waals surface area contributed by atoms with Crippen molar-refractivity contribution in [3.8, 4) is 0 Å². The van der Waals surface area contributed by atoms with Gasteiger partial charge < -0.3 is 5.32 Å². The number of likely N-dealkylation sites (N-methyl/N-ethyl adjacent to an activating group) is 1. The molecule has 1 atom stereocenters. The van der Waals surface area contributed by atoms with Gasteiger partial charge in [0.15, 0.2) is 17.5 Å². The number of hydrogen-bond acceptors (Lipinski definition) is 1. The van der Waals surface area contributed by atoms with Crippen LogP contribution >= 0.6 is 0 Å². The van der Waals surface area contributed by atoms with Crippen molar-refractivity contribution in [1.29, 1.82) is 0 Å². The van der Waals surface area contributed by atoms with Gasteiger partial charge in [-0.15, -0.1) is 0 Å². The number of nitrogens with one attached hydrogen (secondary N) is 1. The van der Waals surface area contributed by atoms with Gasteiger partial charge in [0.25, 0.3) is 0 Å². The molecule has 0 fully saturated rings. The van der Waals surface area contributed by atoms with Gasteiger partial charge in [0.2, 0.25) is 0 Å². The highest BCUT2D eigenvalue weighted by Crippen LogP contribution is 2.22. The summed E-state index contributed by atoms with van der Waals surface area (Å²) in [6, 6.07) is 7.34. The molecule has 2 aromatic carbocycles. The molecule has 0 saturated heterocycles. The highest BCUT2D eigenvalue weighted by Gasteiger charge is 2.16. The highest BCUT2D eigenvalue weighted by atomic mass is 19.2. The van der Waals surface area contributed by atoms with Gasteiger partial charge in [-0.25, -0.2) is 17.6 Å². The van der Waals surface area contributed by atoms with E-state index in [1.807, 2.05) is 0 Å². The molecule has 0 saturated carbocycles. The van der Waals surface area contributed by atoms with E-state index in [1.165, 1.54) is 12.1 Å². The average molecular weight is 283 g/mol. The van der Waals surface area contributed by atoms with Gasteiger partial charge in [-0.1, -0.05) is 12.1 Å². The van der Waals surface area contributed by atoms with Crippen LogP contribution in [0.25, 0.3) is 0 Å². The monoisotopic (exact) mass is 283 g/mol. The second-order valence-electron chi connectivity index (χ2n) is 4.47. The Morgan fingerprint density at radius 1 is 0.950 bits per heavy atom. The highest BCUT2D eigenvalue weighted by molar-refractivity contribution is 5.26. The Kier molecular flexibility index (Phi) is 4.39. The van der Waals surface area contributed by atoms with Crippen molar-refractivity contribution in [3.05, 3.63) is 70.8 Å². The molecule has 20 heavy (non-hydrogen) atoms. The fourth-order valence-corrected chi connectivity index (χ4v) is 2.02. The van der Waals surface area contributed by atoms with Crippen LogP contribution in [0.15, 0.2) is 36.4 Å². The van der Waals surface area contributed by atoms with E-state index in [2.05, 4.69) is 5.32 Å². The third kappa shape index (κ3) is 3.17. The Morgan fingerprint density at radius 3 is 2.00 bits per heavy atom. The van der Waals surface area contributed by atoms with Crippen molar-refractivity contribution >= 4 is 0 Å². The average Bonchev–Trinajstić information content (AvgIpc) is 2.43. The van der Waals surface area contributed by atoms with Gasteiger partial charge in [-0.05, 0) is 48.9 Å². The Morgan fingerprint density at radius 2 is 1.50 bits per heavy atom. The Bertz CT molecular complexity index is 572. The van der Waals surface area contributed by atoms with Crippen molar-refractivity contribution in [3.63, 3.8) is 0 Å². The molecule has 0 aliphatic heterocycles. The summed E-state index contributed by atoms with van der Waals surface area (Å²) in [5.41, 5.74) is 1.10. The zero-order chi connectivity index (χ0) is 14.7. The summed E-state index contributed by atoms with van der Waals surface area (Å²) in [6.07, 6.45) is 0.404. The van der Waals surface area contributed by atoms with Crippen LogP contribution in [0.2, 0.25) is 0 Å². The quantitative estimate of drug-likeness (QED) is 0.665. The molecule has 1 nitrogen and oxygen atoms in total. The maximum Gasteiger partial charge on any atom is 0.194 e. The molecule has 0 bridgehead atoms. The van der Waals surface area contributed by atoms with Crippen molar-refractivity contribution in [2.24, 2.45) is 0 Å². The molecule has 2 aromatic rings. The van der Waals surface area contributed by atoms with E-state index in [1.54, 1.807) is 19.2 Å². The van der Waals surface area contributed by atoms with Gasteiger partial charge in [-0.3, -0.25) is 0 Å². The largest absolute Gasteiger partial charge is 0.313 e. The van der Waals surface area contributed by atoms with Crippen LogP contribution in [-0.4, -0.2) is 7.05 Å². The van der Waals surface area contributed by atoms with Gasteiger partial charge in [-0.2, -0.15) is 0 Å². The third-order valence-electron chi connectivity index (χ3n) is 3.11. The predicted molar refractivity (Wildman–Crippen MR) is 68.2 cm³/mol. The number of benzene rings is 2. The lowest BCUT2D eigenvalue weighted by atomic mass is 9.98. The van der Waals surface area contributed by atoms with Crippen LogP contribution in [0, 0.1) is 23.3 Å². The van der Waals surface area contributed by atoms with Crippen molar-refractivity contribution in [2.45, 2.75) is 12.5 Å². The molecule has 0 amide bonds. The molecule has 0 aliphatic rings. The van der Waals surface area contributed by atoms with Crippen LogP contribution in [0.5, 0.6) is 0 Å².